The molecule has 0 spiro atoms. The van der Waals surface area contributed by atoms with Crippen molar-refractivity contribution in [2.75, 3.05) is 19.8 Å². The first-order valence-corrected chi connectivity index (χ1v) is 7.31. The van der Waals surface area contributed by atoms with Gasteiger partial charge in [0.25, 0.3) is 0 Å². The van der Waals surface area contributed by atoms with E-state index in [2.05, 4.69) is 15.5 Å². The molecule has 0 unspecified atom stereocenters. The van der Waals surface area contributed by atoms with E-state index in [1.54, 1.807) is 12.3 Å². The van der Waals surface area contributed by atoms with E-state index in [-0.39, 0.29) is 5.91 Å². The van der Waals surface area contributed by atoms with E-state index in [1.807, 2.05) is 37.3 Å². The summed E-state index contributed by atoms with van der Waals surface area (Å²) in [6.45, 7) is 3.90. The lowest BCUT2D eigenvalue weighted by Gasteiger charge is -2.01. The molecule has 6 heteroatoms. The number of amides is 1. The highest BCUT2D eigenvalue weighted by Crippen LogP contribution is 2.04. The predicted octanol–water partition coefficient (Wildman–Crippen LogP) is 1.82. The maximum Gasteiger partial charge on any atom is 0.244 e. The monoisotopic (exact) mass is 300 g/mol. The second-order valence-electron chi connectivity index (χ2n) is 4.57. The van der Waals surface area contributed by atoms with E-state index in [9.17, 15) is 4.79 Å². The Kier molecular flexibility index (Phi) is 6.32. The molecule has 1 heterocycles. The summed E-state index contributed by atoms with van der Waals surface area (Å²) in [6.07, 6.45) is 5.52. The molecule has 0 aliphatic rings. The number of aromatic nitrogens is 3. The summed E-state index contributed by atoms with van der Waals surface area (Å²) in [5.41, 5.74) is 1.51. The first kappa shape index (κ1) is 15.9. The number of para-hydroxylation sites is 1. The largest absolute Gasteiger partial charge is 0.382 e. The van der Waals surface area contributed by atoms with Gasteiger partial charge in [-0.25, -0.2) is 0 Å². The normalized spacial score (nSPS) is 11.0. The summed E-state index contributed by atoms with van der Waals surface area (Å²) in [4.78, 5) is 13.2. The van der Waals surface area contributed by atoms with Gasteiger partial charge in [-0.3, -0.25) is 4.79 Å². The zero-order valence-electron chi connectivity index (χ0n) is 12.6. The third-order valence-corrected chi connectivity index (χ3v) is 2.87. The number of nitrogens with one attached hydrogen (secondary N) is 1. The van der Waals surface area contributed by atoms with Crippen molar-refractivity contribution < 1.29 is 9.53 Å². The second-order valence-corrected chi connectivity index (χ2v) is 4.57. The Bertz CT molecular complexity index is 608. The molecule has 0 aliphatic carbocycles. The van der Waals surface area contributed by atoms with Gasteiger partial charge in [0.2, 0.25) is 5.91 Å². The number of hydrogen-bond donors (Lipinski definition) is 1. The molecule has 116 valence electrons. The fraction of sp³-hybridized carbons (Fsp3) is 0.312. The molecule has 1 N–H and O–H groups in total. The van der Waals surface area contributed by atoms with E-state index in [0.29, 0.717) is 25.5 Å². The average molecular weight is 300 g/mol. The van der Waals surface area contributed by atoms with Crippen LogP contribution in [0.2, 0.25) is 0 Å². The van der Waals surface area contributed by atoms with Gasteiger partial charge in [-0.1, -0.05) is 18.2 Å². The van der Waals surface area contributed by atoms with Gasteiger partial charge in [0, 0.05) is 25.8 Å². The maximum atomic E-state index is 11.6. The quantitative estimate of drug-likeness (QED) is 0.596. The molecular formula is C16H20N4O2. The highest BCUT2D eigenvalue weighted by molar-refractivity contribution is 5.91. The smallest absolute Gasteiger partial charge is 0.244 e. The molecule has 6 nitrogen and oxygen atoms in total. The van der Waals surface area contributed by atoms with Crippen molar-refractivity contribution in [3.05, 3.63) is 48.3 Å². The Morgan fingerprint density at radius 3 is 2.95 bits per heavy atom. The van der Waals surface area contributed by atoms with Gasteiger partial charge in [0.1, 0.15) is 5.69 Å². The lowest BCUT2D eigenvalue weighted by atomic mass is 10.3. The maximum absolute atomic E-state index is 11.6. The van der Waals surface area contributed by atoms with Gasteiger partial charge in [0.15, 0.2) is 0 Å². The van der Waals surface area contributed by atoms with Crippen molar-refractivity contribution in [2.45, 2.75) is 13.3 Å². The molecule has 0 fully saturated rings. The van der Waals surface area contributed by atoms with Crippen molar-refractivity contribution in [1.29, 1.82) is 0 Å². The number of rotatable bonds is 8. The molecule has 2 aromatic rings. The Morgan fingerprint density at radius 1 is 1.36 bits per heavy atom. The van der Waals surface area contributed by atoms with Crippen LogP contribution in [0.1, 0.15) is 19.0 Å². The molecule has 0 saturated heterocycles. The van der Waals surface area contributed by atoms with Crippen LogP contribution in [0.4, 0.5) is 0 Å². The summed E-state index contributed by atoms with van der Waals surface area (Å²) in [5, 5.41) is 11.2. The minimum atomic E-state index is -0.147. The topological polar surface area (TPSA) is 69.0 Å². The second kappa shape index (κ2) is 8.74. The first-order chi connectivity index (χ1) is 10.8. The number of benzene rings is 1. The van der Waals surface area contributed by atoms with Crippen molar-refractivity contribution in [3.8, 4) is 5.69 Å². The van der Waals surface area contributed by atoms with Crippen molar-refractivity contribution in [2.24, 2.45) is 0 Å². The Labute approximate surface area is 129 Å². The lowest BCUT2D eigenvalue weighted by Crippen LogP contribution is -2.23. The van der Waals surface area contributed by atoms with Gasteiger partial charge >= 0.3 is 0 Å². The van der Waals surface area contributed by atoms with Gasteiger partial charge in [0.05, 0.1) is 11.9 Å². The van der Waals surface area contributed by atoms with Crippen LogP contribution < -0.4 is 5.32 Å². The third-order valence-electron chi connectivity index (χ3n) is 2.87. The van der Waals surface area contributed by atoms with E-state index in [1.165, 1.54) is 10.9 Å². The summed E-state index contributed by atoms with van der Waals surface area (Å²) in [5.74, 6) is -0.147. The van der Waals surface area contributed by atoms with Crippen LogP contribution >= 0.6 is 0 Å². The minimum absolute atomic E-state index is 0.147. The highest BCUT2D eigenvalue weighted by atomic mass is 16.5. The molecule has 1 aromatic heterocycles. The standard InChI is InChI=1S/C16H20N4O2/c1-2-22-12-6-11-17-16(21)10-9-14-13-18-20(19-14)15-7-4-3-5-8-15/h3-5,7-10,13H,2,6,11-12H2,1H3,(H,17,21). The number of ether oxygens (including phenoxy) is 1. The summed E-state index contributed by atoms with van der Waals surface area (Å²) >= 11 is 0. The van der Waals surface area contributed by atoms with Crippen LogP contribution in [0, 0.1) is 0 Å². The summed E-state index contributed by atoms with van der Waals surface area (Å²) in [7, 11) is 0. The number of carbonyl (C=O) groups is 1. The van der Waals surface area contributed by atoms with E-state index in [0.717, 1.165) is 12.1 Å². The molecule has 1 amide bonds. The molecule has 22 heavy (non-hydrogen) atoms. The Morgan fingerprint density at radius 2 is 2.18 bits per heavy atom. The molecule has 0 aliphatic heterocycles. The number of nitrogens with zero attached hydrogens (tertiary/aromatic N) is 3. The van der Waals surface area contributed by atoms with E-state index < -0.39 is 0 Å². The highest BCUT2D eigenvalue weighted by Gasteiger charge is 2.00. The molecule has 2 rings (SSSR count). The minimum Gasteiger partial charge on any atom is -0.382 e. The molecular weight excluding hydrogens is 280 g/mol. The predicted molar refractivity (Wildman–Crippen MR) is 84.5 cm³/mol. The van der Waals surface area contributed by atoms with Crippen LogP contribution in [-0.4, -0.2) is 40.7 Å². The summed E-state index contributed by atoms with van der Waals surface area (Å²) < 4.78 is 5.20. The van der Waals surface area contributed by atoms with Crippen LogP contribution in [0.3, 0.4) is 0 Å². The van der Waals surface area contributed by atoms with Crippen LogP contribution in [0.25, 0.3) is 11.8 Å². The molecule has 0 atom stereocenters. The van der Waals surface area contributed by atoms with Crippen LogP contribution in [0.5, 0.6) is 0 Å². The van der Waals surface area contributed by atoms with E-state index >= 15 is 0 Å². The van der Waals surface area contributed by atoms with E-state index in [4.69, 9.17) is 4.74 Å². The van der Waals surface area contributed by atoms with Gasteiger partial charge in [-0.15, -0.1) is 5.10 Å². The third kappa shape index (κ3) is 5.14. The van der Waals surface area contributed by atoms with Gasteiger partial charge in [-0.05, 0) is 31.6 Å². The van der Waals surface area contributed by atoms with Crippen LogP contribution in [0.15, 0.2) is 42.6 Å². The summed E-state index contributed by atoms with van der Waals surface area (Å²) in [6, 6.07) is 9.61. The number of hydrogen-bond acceptors (Lipinski definition) is 4. The van der Waals surface area contributed by atoms with Crippen molar-refractivity contribution >= 4 is 12.0 Å². The zero-order chi connectivity index (χ0) is 15.6. The van der Waals surface area contributed by atoms with Crippen molar-refractivity contribution in [1.82, 2.24) is 20.3 Å². The average Bonchev–Trinajstić information content (AvgIpc) is 3.02. The SMILES string of the molecule is CCOCCCNC(=O)C=Cc1cnn(-c2ccccc2)n1. The first-order valence-electron chi connectivity index (χ1n) is 7.31. The van der Waals surface area contributed by atoms with Crippen molar-refractivity contribution in [3.63, 3.8) is 0 Å². The molecule has 0 radical (unpaired) electrons. The fourth-order valence-corrected chi connectivity index (χ4v) is 1.79. The molecule has 1 aromatic carbocycles. The zero-order valence-corrected chi connectivity index (χ0v) is 12.6. The lowest BCUT2D eigenvalue weighted by molar-refractivity contribution is -0.116. The van der Waals surface area contributed by atoms with Gasteiger partial charge in [-0.2, -0.15) is 9.90 Å². The Hall–Kier alpha value is -2.47. The fourth-order valence-electron chi connectivity index (χ4n) is 1.79. The Balaban J connectivity index is 1.81. The van der Waals surface area contributed by atoms with Gasteiger partial charge < -0.3 is 10.1 Å². The molecule has 0 bridgehead atoms. The molecule has 0 saturated carbocycles. The van der Waals surface area contributed by atoms with Crippen LogP contribution in [-0.2, 0) is 9.53 Å². The number of carbonyl (C=O) groups excluding carboxylic acids is 1.